The summed E-state index contributed by atoms with van der Waals surface area (Å²) in [5, 5.41) is 12.7. The third-order valence-corrected chi connectivity index (χ3v) is 4.74. The third-order valence-electron chi connectivity index (χ3n) is 4.74. The number of hydrogen-bond donors (Lipinski definition) is 1. The molecule has 0 aromatic heterocycles. The molecule has 2 unspecified atom stereocenters. The Kier molecular flexibility index (Phi) is 4.66. The minimum atomic E-state index is -0.304. The highest BCUT2D eigenvalue weighted by Gasteiger charge is 2.40. The van der Waals surface area contributed by atoms with Gasteiger partial charge in [-0.25, -0.2) is 4.39 Å². The Labute approximate surface area is 124 Å². The van der Waals surface area contributed by atoms with Crippen LogP contribution in [0.5, 0.6) is 0 Å². The highest BCUT2D eigenvalue weighted by Crippen LogP contribution is 2.39. The van der Waals surface area contributed by atoms with Gasteiger partial charge in [-0.1, -0.05) is 23.4 Å². The Bertz CT molecular complexity index is 494. The molecule has 2 bridgehead atoms. The first-order valence-electron chi connectivity index (χ1n) is 6.89. The van der Waals surface area contributed by atoms with E-state index in [2.05, 4.69) is 17.1 Å². The van der Waals surface area contributed by atoms with E-state index in [0.717, 1.165) is 12.8 Å². The maximum absolute atomic E-state index is 13.9. The average Bonchev–Trinajstić information content (AvgIpc) is 2.65. The number of fused-ring (bicyclic) bond motifs is 2. The van der Waals surface area contributed by atoms with Crippen LogP contribution in [0.3, 0.4) is 0 Å². The minimum Gasteiger partial charge on any atom is -0.411 e. The van der Waals surface area contributed by atoms with Crippen LogP contribution in [0.2, 0.25) is 0 Å². The van der Waals surface area contributed by atoms with E-state index in [0.29, 0.717) is 23.4 Å². The summed E-state index contributed by atoms with van der Waals surface area (Å²) in [5.74, 6) is -0.142. The molecule has 1 aromatic carbocycles. The van der Waals surface area contributed by atoms with Crippen LogP contribution in [0.1, 0.15) is 31.2 Å². The minimum absolute atomic E-state index is 0. The lowest BCUT2D eigenvalue weighted by molar-refractivity contribution is 0.156. The van der Waals surface area contributed by atoms with Gasteiger partial charge in [0.1, 0.15) is 5.82 Å². The molecule has 5 heteroatoms. The highest BCUT2D eigenvalue weighted by atomic mass is 35.5. The van der Waals surface area contributed by atoms with Crippen molar-refractivity contribution in [1.82, 2.24) is 4.90 Å². The van der Waals surface area contributed by atoms with Gasteiger partial charge in [-0.3, -0.25) is 0 Å². The number of halogens is 2. The molecule has 0 aliphatic carbocycles. The summed E-state index contributed by atoms with van der Waals surface area (Å²) >= 11 is 0. The molecule has 2 atom stereocenters. The number of nitrogens with zero attached hydrogens (tertiary/aromatic N) is 2. The Morgan fingerprint density at radius 1 is 1.25 bits per heavy atom. The van der Waals surface area contributed by atoms with Crippen molar-refractivity contribution in [3.8, 4) is 0 Å². The van der Waals surface area contributed by atoms with Crippen LogP contribution in [0, 0.1) is 11.7 Å². The Morgan fingerprint density at radius 2 is 1.85 bits per heavy atom. The molecule has 110 valence electrons. The first-order valence-corrected chi connectivity index (χ1v) is 6.89. The average molecular weight is 299 g/mol. The number of piperidine rings is 1. The summed E-state index contributed by atoms with van der Waals surface area (Å²) in [5.41, 5.74) is 0.960. The van der Waals surface area contributed by atoms with Gasteiger partial charge in [0.15, 0.2) is 0 Å². The maximum Gasteiger partial charge on any atom is 0.132 e. The normalized spacial score (nSPS) is 30.1. The summed E-state index contributed by atoms with van der Waals surface area (Å²) in [6.45, 7) is 0. The number of hydrogen-bond acceptors (Lipinski definition) is 3. The van der Waals surface area contributed by atoms with Crippen LogP contribution in [-0.4, -0.2) is 35.0 Å². The van der Waals surface area contributed by atoms with Crippen molar-refractivity contribution in [2.75, 3.05) is 7.05 Å². The van der Waals surface area contributed by atoms with Crippen molar-refractivity contribution in [3.05, 3.63) is 35.6 Å². The quantitative estimate of drug-likeness (QED) is 0.516. The fraction of sp³-hybridized carbons (Fsp3) is 0.533. The van der Waals surface area contributed by atoms with Crippen molar-refractivity contribution in [3.63, 3.8) is 0 Å². The van der Waals surface area contributed by atoms with E-state index in [1.807, 2.05) is 0 Å². The van der Waals surface area contributed by atoms with Gasteiger partial charge >= 0.3 is 0 Å². The Balaban J connectivity index is 0.00000147. The molecule has 1 N–H and O–H groups in total. The van der Waals surface area contributed by atoms with Gasteiger partial charge in [-0.05, 0) is 38.8 Å². The van der Waals surface area contributed by atoms with Gasteiger partial charge < -0.3 is 10.1 Å². The maximum atomic E-state index is 13.9. The van der Waals surface area contributed by atoms with Gasteiger partial charge in [0.2, 0.25) is 0 Å². The third kappa shape index (κ3) is 2.54. The van der Waals surface area contributed by atoms with E-state index in [1.165, 1.54) is 18.9 Å². The second-order valence-corrected chi connectivity index (χ2v) is 5.68. The van der Waals surface area contributed by atoms with E-state index < -0.39 is 0 Å². The lowest BCUT2D eigenvalue weighted by Crippen LogP contribution is -2.42. The van der Waals surface area contributed by atoms with Gasteiger partial charge in [0.05, 0.1) is 5.71 Å². The van der Waals surface area contributed by atoms with Crippen LogP contribution in [0.15, 0.2) is 29.4 Å². The molecule has 2 aliphatic heterocycles. The first-order chi connectivity index (χ1) is 9.20. The lowest BCUT2D eigenvalue weighted by Gasteiger charge is -2.36. The second-order valence-electron chi connectivity index (χ2n) is 5.68. The number of oxime groups is 1. The molecule has 3 nitrogen and oxygen atoms in total. The highest BCUT2D eigenvalue weighted by molar-refractivity contribution is 6.02. The summed E-state index contributed by atoms with van der Waals surface area (Å²) in [4.78, 5) is 2.42. The van der Waals surface area contributed by atoms with E-state index in [-0.39, 0.29) is 24.1 Å². The van der Waals surface area contributed by atoms with E-state index >= 15 is 0 Å². The van der Waals surface area contributed by atoms with Crippen LogP contribution in [-0.2, 0) is 0 Å². The van der Waals surface area contributed by atoms with Crippen molar-refractivity contribution in [1.29, 1.82) is 0 Å². The van der Waals surface area contributed by atoms with Gasteiger partial charge in [-0.2, -0.15) is 0 Å². The van der Waals surface area contributed by atoms with E-state index in [1.54, 1.807) is 18.2 Å². The van der Waals surface area contributed by atoms with Gasteiger partial charge in [0, 0.05) is 23.6 Å². The topological polar surface area (TPSA) is 35.8 Å². The van der Waals surface area contributed by atoms with Crippen LogP contribution < -0.4 is 0 Å². The Hall–Kier alpha value is -1.13. The summed E-state index contributed by atoms with van der Waals surface area (Å²) in [7, 11) is 2.16. The van der Waals surface area contributed by atoms with Crippen LogP contribution >= 0.6 is 12.4 Å². The molecule has 0 radical (unpaired) electrons. The smallest absolute Gasteiger partial charge is 0.132 e. The molecular formula is C15H20ClFN2O. The summed E-state index contributed by atoms with van der Waals surface area (Å²) < 4.78 is 13.9. The molecular weight excluding hydrogens is 279 g/mol. The predicted molar refractivity (Wildman–Crippen MR) is 79.3 cm³/mol. The van der Waals surface area contributed by atoms with Crippen molar-refractivity contribution >= 4 is 18.1 Å². The number of benzene rings is 1. The first kappa shape index (κ1) is 15.3. The van der Waals surface area contributed by atoms with E-state index in [4.69, 9.17) is 0 Å². The summed E-state index contributed by atoms with van der Waals surface area (Å²) in [6.07, 6.45) is 4.32. The number of rotatable bonds is 2. The molecule has 3 rings (SSSR count). The summed E-state index contributed by atoms with van der Waals surface area (Å²) in [6, 6.07) is 7.66. The second kappa shape index (κ2) is 6.10. The molecule has 2 heterocycles. The van der Waals surface area contributed by atoms with Crippen molar-refractivity contribution < 1.29 is 9.60 Å². The molecule has 0 amide bonds. The fourth-order valence-corrected chi connectivity index (χ4v) is 3.66. The zero-order valence-electron chi connectivity index (χ0n) is 11.5. The monoisotopic (exact) mass is 298 g/mol. The van der Waals surface area contributed by atoms with Crippen molar-refractivity contribution in [2.24, 2.45) is 11.1 Å². The largest absolute Gasteiger partial charge is 0.411 e. The van der Waals surface area contributed by atoms with Crippen molar-refractivity contribution in [2.45, 2.75) is 37.8 Å². The van der Waals surface area contributed by atoms with Gasteiger partial charge in [-0.15, -0.1) is 12.4 Å². The van der Waals surface area contributed by atoms with E-state index in [9.17, 15) is 9.60 Å². The zero-order valence-corrected chi connectivity index (χ0v) is 12.3. The standard InChI is InChI=1S/C15H19FN2O.ClH/c1-18-11-6-7-12(18)9-10(8-11)15(17-19)13-4-2-3-5-14(13)16;/h2-5,10-12,19H,6-9H2,1H3;1H/b17-15-;. The molecule has 0 saturated carbocycles. The molecule has 20 heavy (non-hydrogen) atoms. The molecule has 2 fully saturated rings. The predicted octanol–water partition coefficient (Wildman–Crippen LogP) is 3.30. The van der Waals surface area contributed by atoms with Crippen LogP contribution in [0.25, 0.3) is 0 Å². The zero-order chi connectivity index (χ0) is 13.4. The molecule has 2 aliphatic rings. The molecule has 1 aromatic rings. The lowest BCUT2D eigenvalue weighted by atomic mass is 9.84. The SMILES string of the molecule is CN1C2CCC1CC(/C(=N/O)c1ccccc1F)C2.Cl. The Morgan fingerprint density at radius 3 is 2.40 bits per heavy atom. The molecule has 2 saturated heterocycles. The molecule has 0 spiro atoms. The van der Waals surface area contributed by atoms with Gasteiger partial charge in [0.25, 0.3) is 0 Å². The fourth-order valence-electron chi connectivity index (χ4n) is 3.66. The van der Waals surface area contributed by atoms with Crippen LogP contribution in [0.4, 0.5) is 4.39 Å².